The van der Waals surface area contributed by atoms with Crippen LogP contribution in [0.4, 0.5) is 0 Å². The number of benzene rings is 3. The topological polar surface area (TPSA) is 46.1 Å². The average molecular weight is 462 g/mol. The van der Waals surface area contributed by atoms with Gasteiger partial charge in [-0.2, -0.15) is 0 Å². The summed E-state index contributed by atoms with van der Waals surface area (Å²) in [5.41, 5.74) is 6.27. The Hall–Kier alpha value is -3.53. The Labute approximate surface area is 207 Å². The van der Waals surface area contributed by atoms with Crippen LogP contribution in [0.15, 0.2) is 78.9 Å². The summed E-state index contributed by atoms with van der Waals surface area (Å²) in [6.45, 7) is 7.92. The summed E-state index contributed by atoms with van der Waals surface area (Å²) in [5.74, 6) is 1.34. The molecule has 0 unspecified atom stereocenters. The molecule has 4 heteroatoms. The van der Waals surface area contributed by atoms with E-state index in [1.54, 1.807) is 0 Å². The maximum atomic E-state index is 13.7. The third-order valence-electron chi connectivity index (χ3n) is 8.41. The molecule has 0 N–H and O–H groups in total. The number of amides is 1. The zero-order valence-corrected chi connectivity index (χ0v) is 20.6. The number of likely N-dealkylation sites (tertiary alicyclic amines) is 1. The second kappa shape index (κ2) is 8.30. The second-order valence-corrected chi connectivity index (χ2v) is 10.9. The first-order valence-electron chi connectivity index (χ1n) is 12.6. The average Bonchev–Trinajstić information content (AvgIpc) is 3.26. The molecule has 176 valence electrons. The molecule has 6 rings (SSSR count). The van der Waals surface area contributed by atoms with E-state index in [1.165, 1.54) is 0 Å². The summed E-state index contributed by atoms with van der Waals surface area (Å²) in [4.78, 5) is 25.9. The quantitative estimate of drug-likeness (QED) is 0.335. The molecule has 1 aromatic heterocycles. The van der Waals surface area contributed by atoms with Crippen molar-refractivity contribution in [2.24, 2.45) is 17.3 Å². The zero-order chi connectivity index (χ0) is 24.2. The molecule has 1 aliphatic carbocycles. The SMILES string of the molecule is C[C@H]1[C@H]2C[C@@H](CC1(C)C)N(C(=O)c1ccc3nc(-c4ccccc4)c(-c4ccccc4)nc3c1)C2. The molecule has 35 heavy (non-hydrogen) atoms. The van der Waals surface area contributed by atoms with E-state index in [1.807, 2.05) is 54.6 Å². The van der Waals surface area contributed by atoms with Gasteiger partial charge in [-0.25, -0.2) is 9.97 Å². The molecular formula is C31H31N3O. The fourth-order valence-corrected chi connectivity index (χ4v) is 6.14. The standard InChI is InChI=1S/C31H31N3O/c1-20-24-16-25(18-31(20,2)3)34(19-24)30(35)23-14-15-26-27(17-23)33-29(22-12-8-5-9-13-22)28(32-26)21-10-6-4-7-11-21/h4-15,17,20,24-25H,16,18-19H2,1-3H3/t20-,24-,25-/m0/s1. The number of aromatic nitrogens is 2. The molecule has 2 bridgehead atoms. The van der Waals surface area contributed by atoms with Crippen molar-refractivity contribution in [1.82, 2.24) is 14.9 Å². The van der Waals surface area contributed by atoms with Crippen LogP contribution >= 0.6 is 0 Å². The molecule has 1 saturated heterocycles. The van der Waals surface area contributed by atoms with E-state index in [0.717, 1.165) is 52.9 Å². The molecule has 2 aliphatic rings. The number of carbonyl (C=O) groups is 1. The highest BCUT2D eigenvalue weighted by atomic mass is 16.2. The van der Waals surface area contributed by atoms with E-state index < -0.39 is 0 Å². The van der Waals surface area contributed by atoms with Gasteiger partial charge in [0.2, 0.25) is 0 Å². The molecule has 2 heterocycles. The van der Waals surface area contributed by atoms with Crippen molar-refractivity contribution in [1.29, 1.82) is 0 Å². The predicted octanol–water partition coefficient (Wildman–Crippen LogP) is 6.86. The number of nitrogens with zero attached hydrogens (tertiary/aromatic N) is 3. The van der Waals surface area contributed by atoms with E-state index in [9.17, 15) is 4.79 Å². The van der Waals surface area contributed by atoms with Gasteiger partial charge in [0.15, 0.2) is 0 Å². The normalized spacial score (nSPS) is 22.9. The summed E-state index contributed by atoms with van der Waals surface area (Å²) >= 11 is 0. The summed E-state index contributed by atoms with van der Waals surface area (Å²) in [5, 5.41) is 0. The monoisotopic (exact) mass is 461 g/mol. The molecule has 0 radical (unpaired) electrons. The lowest BCUT2D eigenvalue weighted by atomic mass is 9.65. The molecular weight excluding hydrogens is 430 g/mol. The van der Waals surface area contributed by atoms with Gasteiger partial charge in [-0.1, -0.05) is 81.4 Å². The van der Waals surface area contributed by atoms with Gasteiger partial charge in [-0.3, -0.25) is 4.79 Å². The van der Waals surface area contributed by atoms with Crippen LogP contribution in [0, 0.1) is 17.3 Å². The van der Waals surface area contributed by atoms with Gasteiger partial charge < -0.3 is 4.90 Å². The highest BCUT2D eigenvalue weighted by Gasteiger charge is 2.48. The first-order valence-corrected chi connectivity index (χ1v) is 12.6. The summed E-state index contributed by atoms with van der Waals surface area (Å²) in [7, 11) is 0. The molecule has 4 aromatic rings. The van der Waals surface area contributed by atoms with E-state index in [-0.39, 0.29) is 11.3 Å². The zero-order valence-electron chi connectivity index (χ0n) is 20.6. The highest BCUT2D eigenvalue weighted by molar-refractivity contribution is 5.98. The van der Waals surface area contributed by atoms with Crippen molar-refractivity contribution in [2.75, 3.05) is 6.54 Å². The van der Waals surface area contributed by atoms with E-state index in [2.05, 4.69) is 49.9 Å². The van der Waals surface area contributed by atoms with Crippen LogP contribution in [0.2, 0.25) is 0 Å². The molecule has 1 saturated carbocycles. The van der Waals surface area contributed by atoms with Gasteiger partial charge in [0.05, 0.1) is 22.4 Å². The summed E-state index contributed by atoms with van der Waals surface area (Å²) < 4.78 is 0. The second-order valence-electron chi connectivity index (χ2n) is 10.9. The fraction of sp³-hybridized carbons (Fsp3) is 0.323. The van der Waals surface area contributed by atoms with Gasteiger partial charge in [0.1, 0.15) is 0 Å². The minimum atomic E-state index is 0.125. The third kappa shape index (κ3) is 3.81. The predicted molar refractivity (Wildman–Crippen MR) is 141 cm³/mol. The maximum Gasteiger partial charge on any atom is 0.254 e. The Morgan fingerprint density at radius 1 is 0.857 bits per heavy atom. The van der Waals surface area contributed by atoms with Gasteiger partial charge in [-0.05, 0) is 48.3 Å². The lowest BCUT2D eigenvalue weighted by Crippen LogP contribution is -2.39. The number of hydrogen-bond acceptors (Lipinski definition) is 3. The van der Waals surface area contributed by atoms with E-state index in [0.29, 0.717) is 23.4 Å². The Morgan fingerprint density at radius 3 is 2.09 bits per heavy atom. The summed E-state index contributed by atoms with van der Waals surface area (Å²) in [6, 6.07) is 26.5. The Kier molecular flexibility index (Phi) is 5.21. The van der Waals surface area contributed by atoms with Crippen molar-refractivity contribution < 1.29 is 4.79 Å². The van der Waals surface area contributed by atoms with E-state index >= 15 is 0 Å². The Morgan fingerprint density at radius 2 is 1.46 bits per heavy atom. The molecule has 3 atom stereocenters. The molecule has 1 amide bonds. The summed E-state index contributed by atoms with van der Waals surface area (Å²) in [6.07, 6.45) is 2.20. The van der Waals surface area contributed by atoms with Crippen molar-refractivity contribution in [2.45, 2.75) is 39.7 Å². The first-order chi connectivity index (χ1) is 16.9. The van der Waals surface area contributed by atoms with Crippen molar-refractivity contribution in [3.8, 4) is 22.5 Å². The van der Waals surface area contributed by atoms with Crippen LogP contribution < -0.4 is 0 Å². The van der Waals surface area contributed by atoms with Gasteiger partial charge in [0, 0.05) is 29.3 Å². The Balaban J connectivity index is 1.41. The number of rotatable bonds is 3. The molecule has 2 fully saturated rings. The van der Waals surface area contributed by atoms with Gasteiger partial charge in [-0.15, -0.1) is 0 Å². The van der Waals surface area contributed by atoms with Crippen molar-refractivity contribution >= 4 is 16.9 Å². The lowest BCUT2D eigenvalue weighted by molar-refractivity contribution is 0.0677. The highest BCUT2D eigenvalue weighted by Crippen LogP contribution is 2.49. The smallest absolute Gasteiger partial charge is 0.254 e. The lowest BCUT2D eigenvalue weighted by Gasteiger charge is -2.40. The number of hydrogen-bond donors (Lipinski definition) is 0. The van der Waals surface area contributed by atoms with Crippen LogP contribution in [0.25, 0.3) is 33.5 Å². The maximum absolute atomic E-state index is 13.7. The van der Waals surface area contributed by atoms with Crippen molar-refractivity contribution in [3.05, 3.63) is 84.4 Å². The minimum Gasteiger partial charge on any atom is -0.335 e. The van der Waals surface area contributed by atoms with Gasteiger partial charge in [0.25, 0.3) is 5.91 Å². The van der Waals surface area contributed by atoms with Crippen LogP contribution in [0.5, 0.6) is 0 Å². The third-order valence-corrected chi connectivity index (χ3v) is 8.41. The Bertz CT molecular complexity index is 1400. The molecule has 0 spiro atoms. The van der Waals surface area contributed by atoms with Crippen LogP contribution in [0.3, 0.4) is 0 Å². The van der Waals surface area contributed by atoms with Crippen LogP contribution in [-0.2, 0) is 0 Å². The minimum absolute atomic E-state index is 0.125. The molecule has 1 aliphatic heterocycles. The first kappa shape index (κ1) is 22.0. The molecule has 4 nitrogen and oxygen atoms in total. The van der Waals surface area contributed by atoms with Crippen LogP contribution in [0.1, 0.15) is 44.0 Å². The fourth-order valence-electron chi connectivity index (χ4n) is 6.14. The van der Waals surface area contributed by atoms with Gasteiger partial charge >= 0.3 is 0 Å². The molecule has 3 aromatic carbocycles. The number of fused-ring (bicyclic) bond motifs is 3. The largest absolute Gasteiger partial charge is 0.335 e. The van der Waals surface area contributed by atoms with Crippen LogP contribution in [-0.4, -0.2) is 33.4 Å². The number of carbonyl (C=O) groups excluding carboxylic acids is 1. The van der Waals surface area contributed by atoms with E-state index in [4.69, 9.17) is 9.97 Å². The van der Waals surface area contributed by atoms with Crippen molar-refractivity contribution in [3.63, 3.8) is 0 Å².